The number of likely N-dealkylation sites (tertiary alicyclic amines) is 1. The Balaban J connectivity index is 2.19. The number of hydrogen-bond donors (Lipinski definition) is 3. The Morgan fingerprint density at radius 3 is 2.37 bits per heavy atom. The van der Waals surface area contributed by atoms with Crippen molar-refractivity contribution < 1.29 is 33.7 Å². The highest BCUT2D eigenvalue weighted by Crippen LogP contribution is 2.53. The largest absolute Gasteiger partial charge is 0.481 e. The quantitative estimate of drug-likeness (QED) is 0.404. The fourth-order valence-electron chi connectivity index (χ4n) is 4.33. The molecule has 1 fully saturated rings. The number of carboxylic acid groups (broad SMARTS) is 1. The van der Waals surface area contributed by atoms with Gasteiger partial charge in [-0.3, -0.25) is 14.2 Å². The molecule has 1 aliphatic heterocycles. The van der Waals surface area contributed by atoms with E-state index in [2.05, 4.69) is 5.32 Å². The van der Waals surface area contributed by atoms with Crippen LogP contribution in [-0.4, -0.2) is 63.0 Å². The minimum absolute atomic E-state index is 0.0723. The third-order valence-electron chi connectivity index (χ3n) is 5.82. The summed E-state index contributed by atoms with van der Waals surface area (Å²) in [4.78, 5) is 50.1. The number of rotatable bonds is 10. The lowest BCUT2D eigenvalue weighted by Crippen LogP contribution is -2.51. The Kier molecular flexibility index (Phi) is 9.93. The summed E-state index contributed by atoms with van der Waals surface area (Å²) in [6.07, 6.45) is 0.129. The molecule has 0 saturated carbocycles. The van der Waals surface area contributed by atoms with Crippen LogP contribution in [0.15, 0.2) is 30.3 Å². The van der Waals surface area contributed by atoms with E-state index in [0.717, 1.165) is 5.56 Å². The second kappa shape index (κ2) is 12.0. The molecule has 9 nitrogen and oxygen atoms in total. The van der Waals surface area contributed by atoms with E-state index >= 15 is 0 Å². The van der Waals surface area contributed by atoms with Crippen LogP contribution in [0.3, 0.4) is 0 Å². The molecule has 10 heteroatoms. The molecule has 3 N–H and O–H groups in total. The molecule has 0 radical (unpaired) electrons. The first-order valence-electron chi connectivity index (χ1n) is 12.1. The molecule has 0 bridgehead atoms. The van der Waals surface area contributed by atoms with Crippen molar-refractivity contribution in [3.63, 3.8) is 0 Å². The molecule has 0 spiro atoms. The maximum atomic E-state index is 13.5. The van der Waals surface area contributed by atoms with Crippen molar-refractivity contribution >= 4 is 25.3 Å². The summed E-state index contributed by atoms with van der Waals surface area (Å²) in [7, 11) is -4.06. The number of amides is 2. The molecule has 0 aromatic heterocycles. The van der Waals surface area contributed by atoms with Crippen LogP contribution in [0, 0.1) is 11.8 Å². The minimum Gasteiger partial charge on any atom is -0.481 e. The summed E-state index contributed by atoms with van der Waals surface area (Å²) in [5, 5.41) is 12.3. The molecular formula is C25H39N2O7P. The van der Waals surface area contributed by atoms with E-state index in [1.807, 2.05) is 19.9 Å². The Hall–Kier alpha value is -2.38. The maximum absolute atomic E-state index is 13.5. The number of benzene rings is 1. The molecule has 4 atom stereocenters. The van der Waals surface area contributed by atoms with Crippen molar-refractivity contribution in [2.75, 3.05) is 12.7 Å². The smallest absolute Gasteiger partial charge is 0.408 e. The normalized spacial score (nSPS) is 19.6. The number of nitrogens with zero attached hydrogens (tertiary/aromatic N) is 1. The monoisotopic (exact) mass is 510 g/mol. The van der Waals surface area contributed by atoms with Crippen molar-refractivity contribution in [3.8, 4) is 0 Å². The van der Waals surface area contributed by atoms with E-state index in [4.69, 9.17) is 4.74 Å². The Morgan fingerprint density at radius 2 is 1.83 bits per heavy atom. The second-order valence-corrected chi connectivity index (χ2v) is 13.1. The van der Waals surface area contributed by atoms with Crippen LogP contribution in [0.2, 0.25) is 0 Å². The zero-order valence-electron chi connectivity index (χ0n) is 21.3. The van der Waals surface area contributed by atoms with Gasteiger partial charge in [-0.2, -0.15) is 0 Å². The molecule has 1 aromatic rings. The topological polar surface area (TPSA) is 133 Å². The van der Waals surface area contributed by atoms with E-state index in [1.54, 1.807) is 45.0 Å². The van der Waals surface area contributed by atoms with Gasteiger partial charge in [0.25, 0.3) is 0 Å². The number of carboxylic acids is 1. The first-order chi connectivity index (χ1) is 16.2. The highest BCUT2D eigenvalue weighted by molar-refractivity contribution is 7.58. The van der Waals surface area contributed by atoms with E-state index in [0.29, 0.717) is 19.3 Å². The average molecular weight is 511 g/mol. The standard InChI is InChI=1S/C25H39N2O7P/c1-17(2)14-20(26-24(31)34-25(3,4)5)22(28)27-13-9-12-21(27)35(32,33)16-19(23(29)30)15-18-10-7-6-8-11-18/h6-8,10-11,17,19-21H,9,12-16H2,1-5H3,(H,26,31)(H,29,30)(H,32,33)/t19-,20+,21+/m1/s1. The SMILES string of the molecule is CC(C)C[C@H](NC(=O)OC(C)(C)C)C(=O)N1CCC[C@@H]1P(=O)(O)C[C@@H](Cc1ccccc1)C(=O)O. The third kappa shape index (κ3) is 8.97. The number of alkyl carbamates (subject to hydrolysis) is 1. The van der Waals surface area contributed by atoms with E-state index in [1.165, 1.54) is 4.90 Å². The number of hydrogen-bond acceptors (Lipinski definition) is 5. The number of ether oxygens (including phenoxy) is 1. The number of carbonyl (C=O) groups is 3. The fraction of sp³-hybridized carbons (Fsp3) is 0.640. The zero-order valence-corrected chi connectivity index (χ0v) is 22.2. The summed E-state index contributed by atoms with van der Waals surface area (Å²) < 4.78 is 18.8. The third-order valence-corrected chi connectivity index (χ3v) is 8.25. The van der Waals surface area contributed by atoms with Crippen molar-refractivity contribution in [2.24, 2.45) is 11.8 Å². The summed E-state index contributed by atoms with van der Waals surface area (Å²) in [6.45, 7) is 9.26. The van der Waals surface area contributed by atoms with Gasteiger partial charge in [0.05, 0.1) is 5.92 Å². The molecular weight excluding hydrogens is 471 g/mol. The lowest BCUT2D eigenvalue weighted by Gasteiger charge is -2.33. The van der Waals surface area contributed by atoms with Crippen LogP contribution < -0.4 is 5.32 Å². The predicted molar refractivity (Wildman–Crippen MR) is 133 cm³/mol. The summed E-state index contributed by atoms with van der Waals surface area (Å²) in [5.74, 6) is -3.57. The molecule has 1 aliphatic rings. The first kappa shape index (κ1) is 28.9. The van der Waals surface area contributed by atoms with Gasteiger partial charge in [0, 0.05) is 12.7 Å². The maximum Gasteiger partial charge on any atom is 0.408 e. The summed E-state index contributed by atoms with van der Waals surface area (Å²) in [6, 6.07) is 8.04. The average Bonchev–Trinajstić information content (AvgIpc) is 3.22. The summed E-state index contributed by atoms with van der Waals surface area (Å²) >= 11 is 0. The highest BCUT2D eigenvalue weighted by atomic mass is 31.2. The van der Waals surface area contributed by atoms with Gasteiger partial charge < -0.3 is 25.0 Å². The van der Waals surface area contributed by atoms with Crippen LogP contribution in [-0.2, 0) is 25.3 Å². The van der Waals surface area contributed by atoms with Crippen molar-refractivity contribution in [1.82, 2.24) is 10.2 Å². The van der Waals surface area contributed by atoms with E-state index in [9.17, 15) is 28.9 Å². The predicted octanol–water partition coefficient (Wildman–Crippen LogP) is 4.09. The highest BCUT2D eigenvalue weighted by Gasteiger charge is 2.45. The van der Waals surface area contributed by atoms with Crippen LogP contribution in [0.5, 0.6) is 0 Å². The van der Waals surface area contributed by atoms with E-state index in [-0.39, 0.29) is 18.9 Å². The van der Waals surface area contributed by atoms with Gasteiger partial charge in [-0.1, -0.05) is 44.2 Å². The van der Waals surface area contributed by atoms with Gasteiger partial charge >= 0.3 is 12.1 Å². The molecule has 0 aliphatic carbocycles. The molecule has 1 unspecified atom stereocenters. The molecule has 1 aromatic carbocycles. The minimum atomic E-state index is -4.06. The van der Waals surface area contributed by atoms with Crippen molar-refractivity contribution in [1.29, 1.82) is 0 Å². The lowest BCUT2D eigenvalue weighted by molar-refractivity contribution is -0.141. The van der Waals surface area contributed by atoms with Crippen LogP contribution >= 0.6 is 7.37 Å². The molecule has 1 saturated heterocycles. The van der Waals surface area contributed by atoms with Gasteiger partial charge in [-0.25, -0.2) is 4.79 Å². The van der Waals surface area contributed by atoms with Crippen molar-refractivity contribution in [2.45, 2.75) is 77.7 Å². The molecule has 2 amide bonds. The molecule has 35 heavy (non-hydrogen) atoms. The molecule has 1 heterocycles. The summed E-state index contributed by atoms with van der Waals surface area (Å²) in [5.41, 5.74) is 0.0229. The Morgan fingerprint density at radius 1 is 1.20 bits per heavy atom. The first-order valence-corrected chi connectivity index (χ1v) is 14.0. The van der Waals surface area contributed by atoms with Gasteiger partial charge in [0.2, 0.25) is 13.3 Å². The lowest BCUT2D eigenvalue weighted by atomic mass is 10.0. The molecule has 2 rings (SSSR count). The van der Waals surface area contributed by atoms with Crippen LogP contribution in [0.1, 0.15) is 59.4 Å². The zero-order chi connectivity index (χ0) is 26.4. The second-order valence-electron chi connectivity index (χ2n) is 10.6. The number of nitrogens with one attached hydrogen (secondary N) is 1. The Bertz CT molecular complexity index is 929. The fourth-order valence-corrected chi connectivity index (χ4v) is 6.75. The Labute approximate surface area is 207 Å². The molecule has 196 valence electrons. The van der Waals surface area contributed by atoms with Gasteiger partial charge in [0.1, 0.15) is 17.4 Å². The van der Waals surface area contributed by atoms with E-state index < -0.39 is 54.8 Å². The van der Waals surface area contributed by atoms with Gasteiger partial charge in [0.15, 0.2) is 0 Å². The van der Waals surface area contributed by atoms with Gasteiger partial charge in [-0.05, 0) is 57.9 Å². The number of aliphatic carboxylic acids is 1. The number of carbonyl (C=O) groups excluding carboxylic acids is 2. The van der Waals surface area contributed by atoms with Gasteiger partial charge in [-0.15, -0.1) is 0 Å². The van der Waals surface area contributed by atoms with Crippen molar-refractivity contribution in [3.05, 3.63) is 35.9 Å². The van der Waals surface area contributed by atoms with Crippen LogP contribution in [0.25, 0.3) is 0 Å². The van der Waals surface area contributed by atoms with Crippen LogP contribution in [0.4, 0.5) is 4.79 Å².